The van der Waals surface area contributed by atoms with Gasteiger partial charge in [0.25, 0.3) is 0 Å². The first-order chi connectivity index (χ1) is 9.10. The number of likely N-dealkylation sites (tertiary alicyclic amines) is 1. The summed E-state index contributed by atoms with van der Waals surface area (Å²) < 4.78 is 0. The number of rotatable bonds is 4. The monoisotopic (exact) mass is 260 g/mol. The van der Waals surface area contributed by atoms with Gasteiger partial charge in [0.1, 0.15) is 0 Å². The van der Waals surface area contributed by atoms with Crippen LogP contribution in [0.3, 0.4) is 0 Å². The highest BCUT2D eigenvalue weighted by atomic mass is 16.1. The molecule has 2 rings (SSSR count). The molecule has 1 saturated heterocycles. The van der Waals surface area contributed by atoms with Crippen molar-refractivity contribution in [2.45, 2.75) is 32.7 Å². The molecule has 2 atom stereocenters. The molecule has 2 unspecified atom stereocenters. The molecule has 19 heavy (non-hydrogen) atoms. The van der Waals surface area contributed by atoms with Gasteiger partial charge in [-0.2, -0.15) is 0 Å². The quantitative estimate of drug-likeness (QED) is 0.845. The molecule has 3 heteroatoms. The van der Waals surface area contributed by atoms with Crippen LogP contribution >= 0.6 is 0 Å². The largest absolute Gasteiger partial charge is 0.382 e. The van der Waals surface area contributed by atoms with Crippen molar-refractivity contribution >= 4 is 11.5 Å². The Morgan fingerprint density at radius 3 is 2.63 bits per heavy atom. The van der Waals surface area contributed by atoms with Gasteiger partial charge in [-0.25, -0.2) is 0 Å². The van der Waals surface area contributed by atoms with Gasteiger partial charge in [0.2, 0.25) is 0 Å². The van der Waals surface area contributed by atoms with Crippen molar-refractivity contribution < 1.29 is 4.79 Å². The number of hydrogen-bond acceptors (Lipinski definition) is 3. The zero-order chi connectivity index (χ0) is 13.8. The second-order valence-electron chi connectivity index (χ2n) is 5.63. The van der Waals surface area contributed by atoms with Gasteiger partial charge in [-0.15, -0.1) is 0 Å². The van der Waals surface area contributed by atoms with Gasteiger partial charge in [0.05, 0.1) is 0 Å². The Labute approximate surface area is 116 Å². The van der Waals surface area contributed by atoms with Crippen LogP contribution < -0.4 is 5.32 Å². The summed E-state index contributed by atoms with van der Waals surface area (Å²) in [6.07, 6.45) is 1.74. The zero-order valence-electron chi connectivity index (χ0n) is 12.1. The van der Waals surface area contributed by atoms with Gasteiger partial charge < -0.3 is 10.2 Å². The standard InChI is InChI=1S/C16H24N2O/c1-4-16(19)13-5-7-14(8-6-13)17-15-9-10-18(3)11-12(15)2/h5-8,12,15,17H,4,9-11H2,1-3H3. The molecule has 1 aliphatic rings. The molecule has 1 aromatic carbocycles. The number of hydrogen-bond donors (Lipinski definition) is 1. The minimum atomic E-state index is 0.208. The van der Waals surface area contributed by atoms with E-state index in [2.05, 4.69) is 24.2 Å². The Morgan fingerprint density at radius 2 is 2.05 bits per heavy atom. The van der Waals surface area contributed by atoms with Crippen molar-refractivity contribution in [3.8, 4) is 0 Å². The lowest BCUT2D eigenvalue weighted by molar-refractivity contribution is 0.0988. The van der Waals surface area contributed by atoms with Crippen LogP contribution in [0.5, 0.6) is 0 Å². The van der Waals surface area contributed by atoms with Crippen LogP contribution in [0, 0.1) is 5.92 Å². The molecule has 104 valence electrons. The molecule has 0 saturated carbocycles. The lowest BCUT2D eigenvalue weighted by atomic mass is 9.94. The number of nitrogens with zero attached hydrogens (tertiary/aromatic N) is 1. The smallest absolute Gasteiger partial charge is 0.162 e. The fraction of sp³-hybridized carbons (Fsp3) is 0.562. The summed E-state index contributed by atoms with van der Waals surface area (Å²) in [5.74, 6) is 0.856. The Bertz CT molecular complexity index is 427. The molecule has 0 spiro atoms. The van der Waals surface area contributed by atoms with E-state index in [0.29, 0.717) is 18.4 Å². The van der Waals surface area contributed by atoms with Gasteiger partial charge in [0, 0.05) is 30.3 Å². The maximum Gasteiger partial charge on any atom is 0.162 e. The number of benzene rings is 1. The molecule has 0 bridgehead atoms. The molecule has 3 nitrogen and oxygen atoms in total. The molecule has 1 fully saturated rings. The third kappa shape index (κ3) is 3.57. The predicted molar refractivity (Wildman–Crippen MR) is 79.8 cm³/mol. The Kier molecular flexibility index (Phi) is 4.59. The Morgan fingerprint density at radius 1 is 1.37 bits per heavy atom. The van der Waals surface area contributed by atoms with Gasteiger partial charge in [-0.1, -0.05) is 13.8 Å². The first-order valence-corrected chi connectivity index (χ1v) is 7.18. The maximum atomic E-state index is 11.6. The van der Waals surface area contributed by atoms with Crippen LogP contribution in [-0.4, -0.2) is 36.9 Å². The highest BCUT2D eigenvalue weighted by molar-refractivity contribution is 5.96. The normalized spacial score (nSPS) is 24.2. The number of anilines is 1. The van der Waals surface area contributed by atoms with Crippen LogP contribution in [0.15, 0.2) is 24.3 Å². The van der Waals surface area contributed by atoms with Gasteiger partial charge in [-0.05, 0) is 50.2 Å². The minimum absolute atomic E-state index is 0.208. The van der Waals surface area contributed by atoms with E-state index >= 15 is 0 Å². The lowest BCUT2D eigenvalue weighted by Crippen LogP contribution is -2.43. The maximum absolute atomic E-state index is 11.6. The average Bonchev–Trinajstić information content (AvgIpc) is 2.42. The summed E-state index contributed by atoms with van der Waals surface area (Å²) in [5, 5.41) is 3.60. The van der Waals surface area contributed by atoms with Gasteiger partial charge in [-0.3, -0.25) is 4.79 Å². The van der Waals surface area contributed by atoms with Crippen molar-refractivity contribution in [2.75, 3.05) is 25.5 Å². The Balaban J connectivity index is 1.98. The van der Waals surface area contributed by atoms with Crippen LogP contribution in [-0.2, 0) is 0 Å². The highest BCUT2D eigenvalue weighted by Crippen LogP contribution is 2.21. The number of carbonyl (C=O) groups excluding carboxylic acids is 1. The van der Waals surface area contributed by atoms with Crippen LogP contribution in [0.4, 0.5) is 5.69 Å². The van der Waals surface area contributed by atoms with E-state index in [0.717, 1.165) is 24.3 Å². The summed E-state index contributed by atoms with van der Waals surface area (Å²) in [6, 6.07) is 8.42. The van der Waals surface area contributed by atoms with E-state index in [1.54, 1.807) is 0 Å². The molecule has 1 N–H and O–H groups in total. The van der Waals surface area contributed by atoms with Crippen molar-refractivity contribution in [1.82, 2.24) is 4.90 Å². The summed E-state index contributed by atoms with van der Waals surface area (Å²) in [7, 11) is 2.18. The second kappa shape index (κ2) is 6.20. The third-order valence-corrected chi connectivity index (χ3v) is 3.99. The van der Waals surface area contributed by atoms with Crippen LogP contribution in [0.1, 0.15) is 37.0 Å². The SMILES string of the molecule is CCC(=O)c1ccc(NC2CCN(C)CC2C)cc1. The Hall–Kier alpha value is -1.35. The minimum Gasteiger partial charge on any atom is -0.382 e. The van der Waals surface area contributed by atoms with Crippen molar-refractivity contribution in [3.63, 3.8) is 0 Å². The molecular weight excluding hydrogens is 236 g/mol. The number of ketones is 1. The lowest BCUT2D eigenvalue weighted by Gasteiger charge is -2.35. The predicted octanol–water partition coefficient (Wildman–Crippen LogP) is 3.03. The molecular formula is C16H24N2O. The van der Waals surface area contributed by atoms with E-state index in [1.807, 2.05) is 31.2 Å². The summed E-state index contributed by atoms with van der Waals surface area (Å²) >= 11 is 0. The van der Waals surface area contributed by atoms with Crippen LogP contribution in [0.25, 0.3) is 0 Å². The first kappa shape index (κ1) is 14.1. The molecule has 0 aliphatic carbocycles. The molecule has 0 radical (unpaired) electrons. The fourth-order valence-electron chi connectivity index (χ4n) is 2.74. The number of piperidine rings is 1. The summed E-state index contributed by atoms with van der Waals surface area (Å²) in [5.41, 5.74) is 1.93. The molecule has 1 heterocycles. The molecule has 0 aromatic heterocycles. The molecule has 1 aliphatic heterocycles. The zero-order valence-corrected chi connectivity index (χ0v) is 12.1. The van der Waals surface area contributed by atoms with Crippen LogP contribution in [0.2, 0.25) is 0 Å². The van der Waals surface area contributed by atoms with E-state index in [-0.39, 0.29) is 5.78 Å². The summed E-state index contributed by atoms with van der Waals surface area (Å²) in [4.78, 5) is 14.0. The number of Topliss-reactive ketones (excluding diaryl/α,β-unsaturated/α-hetero) is 1. The number of nitrogens with one attached hydrogen (secondary N) is 1. The van der Waals surface area contributed by atoms with E-state index in [1.165, 1.54) is 6.42 Å². The van der Waals surface area contributed by atoms with Crippen molar-refractivity contribution in [2.24, 2.45) is 5.92 Å². The van der Waals surface area contributed by atoms with E-state index in [4.69, 9.17) is 0 Å². The molecule has 0 amide bonds. The topological polar surface area (TPSA) is 32.3 Å². The molecule has 1 aromatic rings. The van der Waals surface area contributed by atoms with Crippen molar-refractivity contribution in [3.05, 3.63) is 29.8 Å². The van der Waals surface area contributed by atoms with E-state index < -0.39 is 0 Å². The van der Waals surface area contributed by atoms with Gasteiger partial charge >= 0.3 is 0 Å². The average molecular weight is 260 g/mol. The summed E-state index contributed by atoms with van der Waals surface area (Å²) in [6.45, 7) is 6.48. The van der Waals surface area contributed by atoms with Gasteiger partial charge in [0.15, 0.2) is 5.78 Å². The number of carbonyl (C=O) groups is 1. The third-order valence-electron chi connectivity index (χ3n) is 3.99. The van der Waals surface area contributed by atoms with Crippen molar-refractivity contribution in [1.29, 1.82) is 0 Å². The second-order valence-corrected chi connectivity index (χ2v) is 5.63. The highest BCUT2D eigenvalue weighted by Gasteiger charge is 2.23. The van der Waals surface area contributed by atoms with E-state index in [9.17, 15) is 4.79 Å². The fourth-order valence-corrected chi connectivity index (χ4v) is 2.74. The first-order valence-electron chi connectivity index (χ1n) is 7.18.